The Hall–Kier alpha value is -2.61. The summed E-state index contributed by atoms with van der Waals surface area (Å²) in [5.41, 5.74) is -0.771. The average Bonchev–Trinajstić information content (AvgIpc) is 3.00. The molecule has 0 spiro atoms. The maximum atomic E-state index is 13.9. The van der Waals surface area contributed by atoms with Crippen LogP contribution >= 0.6 is 11.3 Å². The van der Waals surface area contributed by atoms with E-state index < -0.39 is 11.1 Å². The highest BCUT2D eigenvalue weighted by molar-refractivity contribution is 7.14. The Balaban J connectivity index is 1.44. The molecule has 8 heteroatoms. The van der Waals surface area contributed by atoms with Crippen LogP contribution in [-0.4, -0.2) is 19.3 Å². The summed E-state index contributed by atoms with van der Waals surface area (Å²) in [5, 5.41) is 9.05. The van der Waals surface area contributed by atoms with E-state index in [4.69, 9.17) is 0 Å². The molecule has 0 radical (unpaired) electrons. The summed E-state index contributed by atoms with van der Waals surface area (Å²) < 4.78 is 16.8. The zero-order valence-corrected chi connectivity index (χ0v) is 14.6. The van der Waals surface area contributed by atoms with E-state index in [0.29, 0.717) is 15.6 Å². The third-order valence-corrected chi connectivity index (χ3v) is 6.39. The molecule has 6 rings (SSSR count). The Morgan fingerprint density at radius 2 is 1.88 bits per heavy atom. The summed E-state index contributed by atoms with van der Waals surface area (Å²) in [6.45, 7) is 0.149. The van der Waals surface area contributed by atoms with Crippen molar-refractivity contribution in [1.29, 1.82) is 0 Å². The first-order chi connectivity index (χ1) is 12.6. The summed E-state index contributed by atoms with van der Waals surface area (Å²) in [5.74, 6) is 0.357. The van der Waals surface area contributed by atoms with Crippen molar-refractivity contribution in [2.75, 3.05) is 0 Å². The number of benzene rings is 1. The smallest absolute Gasteiger partial charge is 0.303 e. The predicted octanol–water partition coefficient (Wildman–Crippen LogP) is 2.22. The van der Waals surface area contributed by atoms with Crippen molar-refractivity contribution in [3.05, 3.63) is 68.2 Å². The second kappa shape index (κ2) is 5.44. The molecular weight excluding hydrogens is 355 g/mol. The van der Waals surface area contributed by atoms with Crippen molar-refractivity contribution < 1.29 is 4.39 Å². The number of hydrogen-bond donors (Lipinski definition) is 0. The van der Waals surface area contributed by atoms with Gasteiger partial charge < -0.3 is 9.13 Å². The Kier molecular flexibility index (Phi) is 3.27. The molecule has 2 bridgehead atoms. The van der Waals surface area contributed by atoms with Crippen LogP contribution in [0.5, 0.6) is 0 Å². The van der Waals surface area contributed by atoms with Crippen molar-refractivity contribution in [3.8, 4) is 10.6 Å². The molecule has 3 fully saturated rings. The maximum absolute atomic E-state index is 13.9. The van der Waals surface area contributed by atoms with E-state index in [0.717, 1.165) is 25.2 Å². The monoisotopic (exact) mass is 370 g/mol. The van der Waals surface area contributed by atoms with E-state index in [1.54, 1.807) is 35.2 Å². The van der Waals surface area contributed by atoms with Gasteiger partial charge in [-0.2, -0.15) is 0 Å². The van der Waals surface area contributed by atoms with Gasteiger partial charge >= 0.3 is 11.1 Å². The molecule has 3 aliphatic rings. The summed E-state index contributed by atoms with van der Waals surface area (Å²) in [4.78, 5) is 24.9. The van der Waals surface area contributed by atoms with Crippen molar-refractivity contribution >= 4 is 11.3 Å². The van der Waals surface area contributed by atoms with Crippen LogP contribution in [0.25, 0.3) is 10.6 Å². The van der Waals surface area contributed by atoms with E-state index in [-0.39, 0.29) is 17.9 Å². The largest absolute Gasteiger partial charge is 0.316 e. The van der Waals surface area contributed by atoms with E-state index in [2.05, 4.69) is 10.2 Å². The number of halogens is 1. The van der Waals surface area contributed by atoms with E-state index in [1.807, 2.05) is 0 Å². The third-order valence-electron chi connectivity index (χ3n) is 5.45. The lowest BCUT2D eigenvalue weighted by molar-refractivity contribution is -0.0919. The molecule has 3 aromatic rings. The Labute approximate surface area is 151 Å². The third kappa shape index (κ3) is 2.21. The molecule has 26 heavy (non-hydrogen) atoms. The normalized spacial score (nSPS) is 23.3. The van der Waals surface area contributed by atoms with E-state index in [1.165, 1.54) is 22.0 Å². The second-order valence-electron chi connectivity index (χ2n) is 7.09. The van der Waals surface area contributed by atoms with Gasteiger partial charge in [0.2, 0.25) is 0 Å². The first-order valence-corrected chi connectivity index (χ1v) is 9.27. The molecule has 3 saturated carbocycles. The van der Waals surface area contributed by atoms with Crippen LogP contribution in [-0.2, 0) is 12.1 Å². The van der Waals surface area contributed by atoms with Crippen LogP contribution in [0.2, 0.25) is 0 Å². The summed E-state index contributed by atoms with van der Waals surface area (Å²) >= 11 is 1.21. The highest BCUT2D eigenvalue weighted by atomic mass is 32.1. The van der Waals surface area contributed by atoms with Gasteiger partial charge in [0.05, 0.1) is 6.54 Å². The molecule has 6 nitrogen and oxygen atoms in total. The van der Waals surface area contributed by atoms with Crippen LogP contribution in [0.4, 0.5) is 4.39 Å². The van der Waals surface area contributed by atoms with Gasteiger partial charge in [-0.05, 0) is 37.3 Å². The lowest BCUT2D eigenvalue weighted by atomic mass is 9.49. The van der Waals surface area contributed by atoms with Crippen LogP contribution in [0.3, 0.4) is 0 Å². The molecular formula is C18H15FN4O2S. The van der Waals surface area contributed by atoms with Crippen LogP contribution in [0.1, 0.15) is 24.3 Å². The quantitative estimate of drug-likeness (QED) is 0.661. The Bertz CT molecular complexity index is 1120. The van der Waals surface area contributed by atoms with Gasteiger partial charge in [0, 0.05) is 23.5 Å². The van der Waals surface area contributed by atoms with Gasteiger partial charge in [-0.25, -0.2) is 4.39 Å². The summed E-state index contributed by atoms with van der Waals surface area (Å²) in [7, 11) is 0. The van der Waals surface area contributed by atoms with Crippen LogP contribution in [0, 0.1) is 11.7 Å². The highest BCUT2D eigenvalue weighted by Gasteiger charge is 2.58. The highest BCUT2D eigenvalue weighted by Crippen LogP contribution is 2.61. The minimum Gasteiger partial charge on any atom is -0.303 e. The molecule has 0 aliphatic heterocycles. The number of nitrogens with zero attached hydrogens (tertiary/aromatic N) is 4. The van der Waals surface area contributed by atoms with Crippen molar-refractivity contribution in [2.24, 2.45) is 5.92 Å². The zero-order chi connectivity index (χ0) is 17.9. The molecule has 3 aliphatic carbocycles. The van der Waals surface area contributed by atoms with Gasteiger partial charge in [0.15, 0.2) is 5.01 Å². The number of aromatic nitrogens is 4. The molecule has 2 aromatic heterocycles. The summed E-state index contributed by atoms with van der Waals surface area (Å²) in [6.07, 6.45) is 6.34. The van der Waals surface area contributed by atoms with E-state index >= 15 is 0 Å². The lowest BCUT2D eigenvalue weighted by Crippen LogP contribution is -2.64. The Morgan fingerprint density at radius 3 is 2.58 bits per heavy atom. The molecule has 132 valence electrons. The fourth-order valence-electron chi connectivity index (χ4n) is 3.94. The van der Waals surface area contributed by atoms with Crippen molar-refractivity contribution in [2.45, 2.75) is 31.3 Å². The minimum atomic E-state index is -0.556. The van der Waals surface area contributed by atoms with Crippen LogP contribution in [0.15, 0.2) is 46.2 Å². The van der Waals surface area contributed by atoms with Crippen LogP contribution < -0.4 is 11.1 Å². The molecule has 1 aromatic carbocycles. The fourth-order valence-corrected chi connectivity index (χ4v) is 4.81. The number of rotatable bonds is 4. The maximum Gasteiger partial charge on any atom is 0.316 e. The first kappa shape index (κ1) is 15.6. The molecule has 0 saturated heterocycles. The SMILES string of the molecule is O=c1c(=O)n(C23CC(C2)C3)ccn1Cc1nnc(-c2ccccc2F)s1. The van der Waals surface area contributed by atoms with Gasteiger partial charge in [0.25, 0.3) is 0 Å². The van der Waals surface area contributed by atoms with Gasteiger partial charge in [-0.15, -0.1) is 10.2 Å². The standard InChI is InChI=1S/C18H15FN4O2S/c19-13-4-2-1-3-12(13)15-21-20-14(26-15)10-22-5-6-23(17(25)16(22)24)18-7-11(8-18)9-18/h1-6,11H,7-10H2. The zero-order valence-electron chi connectivity index (χ0n) is 13.8. The van der Waals surface area contributed by atoms with Crippen molar-refractivity contribution in [1.82, 2.24) is 19.3 Å². The average molecular weight is 370 g/mol. The predicted molar refractivity (Wildman–Crippen MR) is 94.7 cm³/mol. The van der Waals surface area contributed by atoms with Gasteiger partial charge in [-0.1, -0.05) is 23.5 Å². The lowest BCUT2D eigenvalue weighted by Gasteiger charge is -2.62. The molecule has 2 heterocycles. The second-order valence-corrected chi connectivity index (χ2v) is 8.15. The van der Waals surface area contributed by atoms with Crippen molar-refractivity contribution in [3.63, 3.8) is 0 Å². The molecule has 0 atom stereocenters. The minimum absolute atomic E-state index is 0.110. The first-order valence-electron chi connectivity index (χ1n) is 8.46. The molecule has 0 amide bonds. The molecule has 0 N–H and O–H groups in total. The van der Waals surface area contributed by atoms with Gasteiger partial charge in [0.1, 0.15) is 10.8 Å². The van der Waals surface area contributed by atoms with Gasteiger partial charge in [-0.3, -0.25) is 9.59 Å². The van der Waals surface area contributed by atoms with E-state index in [9.17, 15) is 14.0 Å². The number of hydrogen-bond acceptors (Lipinski definition) is 5. The molecule has 0 unspecified atom stereocenters. The fraction of sp³-hybridized carbons (Fsp3) is 0.333. The summed E-state index contributed by atoms with van der Waals surface area (Å²) in [6, 6.07) is 6.35. The topological polar surface area (TPSA) is 69.8 Å². The Morgan fingerprint density at radius 1 is 1.12 bits per heavy atom.